The number of hydrogen-bond acceptors (Lipinski definition) is 5. The van der Waals surface area contributed by atoms with Crippen LogP contribution in [0.3, 0.4) is 0 Å². The maximum absolute atomic E-state index is 10.9. The summed E-state index contributed by atoms with van der Waals surface area (Å²) in [5, 5.41) is 12.2. The third-order valence-corrected chi connectivity index (χ3v) is 6.30. The summed E-state index contributed by atoms with van der Waals surface area (Å²) in [6.07, 6.45) is 6.19. The van der Waals surface area contributed by atoms with E-state index in [4.69, 9.17) is 9.52 Å². The first kappa shape index (κ1) is 23.5. The van der Waals surface area contributed by atoms with E-state index in [-0.39, 0.29) is 0 Å². The van der Waals surface area contributed by atoms with Crippen LogP contribution in [0.5, 0.6) is 0 Å². The highest BCUT2D eigenvalue weighted by molar-refractivity contribution is 5.75. The summed E-state index contributed by atoms with van der Waals surface area (Å²) >= 11 is 0. The molecule has 0 bridgehead atoms. The molecule has 1 fully saturated rings. The Morgan fingerprint density at radius 2 is 1.74 bits per heavy atom. The molecule has 2 aromatic carbocycles. The molecule has 2 aromatic heterocycles. The lowest BCUT2D eigenvalue weighted by molar-refractivity contribution is -0.138. The molecule has 0 saturated heterocycles. The number of aliphatic carboxylic acids is 1. The Kier molecular flexibility index (Phi) is 7.58. The summed E-state index contributed by atoms with van der Waals surface area (Å²) in [4.78, 5) is 19.9. The van der Waals surface area contributed by atoms with Crippen molar-refractivity contribution in [2.24, 2.45) is 5.92 Å². The number of carboxylic acid groups (broad SMARTS) is 1. The maximum atomic E-state index is 10.9. The molecular formula is C28H31N3O3. The molecule has 34 heavy (non-hydrogen) atoms. The van der Waals surface area contributed by atoms with Crippen molar-refractivity contribution in [1.82, 2.24) is 9.97 Å². The lowest BCUT2D eigenvalue weighted by Crippen LogP contribution is -2.16. The number of carbonyl (C=O) groups is 1. The zero-order valence-electron chi connectivity index (χ0n) is 19.7. The largest absolute Gasteiger partial charge is 0.481 e. The van der Waals surface area contributed by atoms with Gasteiger partial charge in [-0.3, -0.25) is 9.78 Å². The monoisotopic (exact) mass is 457 g/mol. The van der Waals surface area contributed by atoms with Crippen molar-refractivity contribution < 1.29 is 14.3 Å². The van der Waals surface area contributed by atoms with Gasteiger partial charge in [0.1, 0.15) is 5.52 Å². The topological polar surface area (TPSA) is 88.2 Å². The Bertz CT molecular complexity index is 1170. The van der Waals surface area contributed by atoms with Gasteiger partial charge in [0.15, 0.2) is 5.58 Å². The van der Waals surface area contributed by atoms with E-state index in [0.29, 0.717) is 24.3 Å². The molecule has 0 unspecified atom stereocenters. The van der Waals surface area contributed by atoms with Crippen molar-refractivity contribution in [1.29, 1.82) is 0 Å². The van der Waals surface area contributed by atoms with Crippen LogP contribution in [-0.2, 0) is 4.79 Å². The van der Waals surface area contributed by atoms with Crippen molar-refractivity contribution >= 4 is 28.8 Å². The first-order chi connectivity index (χ1) is 16.6. The van der Waals surface area contributed by atoms with Gasteiger partial charge in [-0.1, -0.05) is 50.2 Å². The second-order valence-corrected chi connectivity index (χ2v) is 8.48. The minimum atomic E-state index is -0.680. The van der Waals surface area contributed by atoms with Crippen molar-refractivity contribution in [2.75, 3.05) is 5.32 Å². The average molecular weight is 458 g/mol. The molecule has 4 aromatic rings. The van der Waals surface area contributed by atoms with E-state index >= 15 is 0 Å². The third-order valence-electron chi connectivity index (χ3n) is 6.30. The second kappa shape index (κ2) is 11.0. The van der Waals surface area contributed by atoms with Crippen molar-refractivity contribution in [3.63, 3.8) is 0 Å². The predicted molar refractivity (Wildman–Crippen MR) is 135 cm³/mol. The van der Waals surface area contributed by atoms with Crippen molar-refractivity contribution in [3.8, 4) is 11.3 Å². The van der Waals surface area contributed by atoms with Crippen LogP contribution in [0.2, 0.25) is 0 Å². The van der Waals surface area contributed by atoms with Crippen LogP contribution < -0.4 is 5.32 Å². The highest BCUT2D eigenvalue weighted by atomic mass is 16.4. The fourth-order valence-corrected chi connectivity index (χ4v) is 4.56. The number of para-hydroxylation sites is 2. The quantitative estimate of drug-likeness (QED) is 0.313. The number of nitrogens with zero attached hydrogens (tertiary/aromatic N) is 2. The number of anilines is 2. The molecule has 0 spiro atoms. The van der Waals surface area contributed by atoms with Gasteiger partial charge in [0.05, 0.1) is 17.6 Å². The van der Waals surface area contributed by atoms with E-state index < -0.39 is 5.97 Å². The van der Waals surface area contributed by atoms with Crippen LogP contribution in [0.1, 0.15) is 57.4 Å². The van der Waals surface area contributed by atoms with Crippen LogP contribution in [0.4, 0.5) is 11.7 Å². The molecule has 6 heteroatoms. The lowest BCUT2D eigenvalue weighted by atomic mass is 9.77. The van der Waals surface area contributed by atoms with Crippen molar-refractivity contribution in [3.05, 3.63) is 72.4 Å². The number of rotatable bonds is 6. The molecule has 0 atom stereocenters. The third kappa shape index (κ3) is 5.63. The molecule has 1 aliphatic carbocycles. The molecule has 176 valence electrons. The summed E-state index contributed by atoms with van der Waals surface area (Å²) in [5.41, 5.74) is 5.68. The number of benzene rings is 2. The first-order valence-corrected chi connectivity index (χ1v) is 12.0. The molecule has 0 radical (unpaired) electrons. The van der Waals surface area contributed by atoms with Crippen molar-refractivity contribution in [2.45, 2.75) is 51.9 Å². The van der Waals surface area contributed by atoms with Gasteiger partial charge in [-0.25, -0.2) is 0 Å². The number of fused-ring (bicyclic) bond motifs is 1. The van der Waals surface area contributed by atoms with Gasteiger partial charge in [-0.15, -0.1) is 0 Å². The van der Waals surface area contributed by atoms with Gasteiger partial charge in [-0.2, -0.15) is 4.98 Å². The molecule has 5 rings (SSSR count). The number of oxazole rings is 1. The molecule has 6 nitrogen and oxygen atoms in total. The van der Waals surface area contributed by atoms with E-state index in [2.05, 4.69) is 39.6 Å². The van der Waals surface area contributed by atoms with Gasteiger partial charge in [0.2, 0.25) is 0 Å². The normalized spacial score (nSPS) is 17.6. The SMILES string of the molecule is CC.O=C(O)CC1CCC(c2ccc(-c3ccc(Nc4nc5ccccc5o4)cn3)cc2)CC1. The van der Waals surface area contributed by atoms with E-state index in [0.717, 1.165) is 53.7 Å². The number of pyridine rings is 1. The van der Waals surface area contributed by atoms with Crippen LogP contribution >= 0.6 is 0 Å². The standard InChI is InChI=1S/C26H25N3O3.C2H6/c30-25(31)15-17-5-7-18(8-6-17)19-9-11-20(12-10-19)22-14-13-21(16-27-22)28-26-29-23-3-1-2-4-24(23)32-26;1-2/h1-4,9-14,16-18H,5-8,15H2,(H,28,29)(H,30,31);1-2H3. The van der Waals surface area contributed by atoms with E-state index in [9.17, 15) is 4.79 Å². The van der Waals surface area contributed by atoms with Gasteiger partial charge in [-0.05, 0) is 67.3 Å². The minimum absolute atomic E-state index is 0.300. The van der Waals surface area contributed by atoms with Crippen LogP contribution in [0.15, 0.2) is 71.3 Å². The van der Waals surface area contributed by atoms with Crippen LogP contribution in [-0.4, -0.2) is 21.0 Å². The lowest BCUT2D eigenvalue weighted by Gasteiger charge is -2.28. The molecule has 2 heterocycles. The number of nitrogens with one attached hydrogen (secondary N) is 1. The molecule has 2 N–H and O–H groups in total. The summed E-state index contributed by atoms with van der Waals surface area (Å²) in [7, 11) is 0. The first-order valence-electron chi connectivity index (χ1n) is 12.0. The van der Waals surface area contributed by atoms with E-state index in [1.165, 1.54) is 5.56 Å². The average Bonchev–Trinajstić information content (AvgIpc) is 3.28. The molecule has 0 aliphatic heterocycles. The van der Waals surface area contributed by atoms with Crippen LogP contribution in [0.25, 0.3) is 22.4 Å². The summed E-state index contributed by atoms with van der Waals surface area (Å²) < 4.78 is 5.70. The molecule has 1 saturated carbocycles. The Balaban J connectivity index is 0.00000133. The number of hydrogen-bond donors (Lipinski definition) is 2. The highest BCUT2D eigenvalue weighted by Gasteiger charge is 2.24. The zero-order chi connectivity index (χ0) is 23.9. The summed E-state index contributed by atoms with van der Waals surface area (Å²) in [5.74, 6) is 0.166. The Morgan fingerprint density at radius 3 is 2.38 bits per heavy atom. The van der Waals surface area contributed by atoms with Gasteiger partial charge >= 0.3 is 5.97 Å². The Morgan fingerprint density at radius 1 is 1.00 bits per heavy atom. The smallest absolute Gasteiger partial charge is 0.303 e. The summed E-state index contributed by atoms with van der Waals surface area (Å²) in [6, 6.07) is 20.7. The second-order valence-electron chi connectivity index (χ2n) is 8.48. The fraction of sp³-hybridized carbons (Fsp3) is 0.321. The number of aromatic nitrogens is 2. The Labute approximate surface area is 200 Å². The van der Waals surface area contributed by atoms with Gasteiger partial charge in [0, 0.05) is 12.0 Å². The molecular weight excluding hydrogens is 426 g/mol. The maximum Gasteiger partial charge on any atom is 0.303 e. The van der Waals surface area contributed by atoms with E-state index in [1.54, 1.807) is 6.20 Å². The Hall–Kier alpha value is -3.67. The number of carboxylic acids is 1. The zero-order valence-corrected chi connectivity index (χ0v) is 19.7. The predicted octanol–water partition coefficient (Wildman–Crippen LogP) is 7.41. The van der Waals surface area contributed by atoms with Gasteiger partial charge < -0.3 is 14.8 Å². The molecule has 1 aliphatic rings. The van der Waals surface area contributed by atoms with E-state index in [1.807, 2.05) is 50.2 Å². The minimum Gasteiger partial charge on any atom is -0.481 e. The van der Waals surface area contributed by atoms with Crippen LogP contribution in [0, 0.1) is 5.92 Å². The summed E-state index contributed by atoms with van der Waals surface area (Å²) in [6.45, 7) is 4.00. The van der Waals surface area contributed by atoms with Gasteiger partial charge in [0.25, 0.3) is 6.01 Å². The highest BCUT2D eigenvalue weighted by Crippen LogP contribution is 2.37. The fourth-order valence-electron chi connectivity index (χ4n) is 4.56. The molecule has 0 amide bonds.